The van der Waals surface area contributed by atoms with E-state index in [0.29, 0.717) is 18.5 Å². The summed E-state index contributed by atoms with van der Waals surface area (Å²) in [5, 5.41) is 11.3. The van der Waals surface area contributed by atoms with Gasteiger partial charge in [0.2, 0.25) is 0 Å². The van der Waals surface area contributed by atoms with Gasteiger partial charge >= 0.3 is 5.97 Å². The zero-order chi connectivity index (χ0) is 8.27. The molecule has 0 bridgehead atoms. The summed E-state index contributed by atoms with van der Waals surface area (Å²) in [6.45, 7) is 0.655. The monoisotopic (exact) mass is 155 g/mol. The van der Waals surface area contributed by atoms with E-state index in [2.05, 4.69) is 5.32 Å². The lowest BCUT2D eigenvalue weighted by Gasteiger charge is -2.19. The lowest BCUT2D eigenvalue weighted by molar-refractivity contribution is -0.138. The Morgan fingerprint density at radius 3 is 2.91 bits per heavy atom. The van der Waals surface area contributed by atoms with Crippen LogP contribution in [0.2, 0.25) is 0 Å². The van der Waals surface area contributed by atoms with Crippen LogP contribution in [0.4, 0.5) is 0 Å². The molecule has 1 aliphatic rings. The van der Waals surface area contributed by atoms with Gasteiger partial charge in [0.1, 0.15) is 12.0 Å². The normalized spacial score (nSPS) is 24.4. The lowest BCUT2D eigenvalue weighted by Crippen LogP contribution is -2.42. The Balaban J connectivity index is 2.75. The fourth-order valence-electron chi connectivity index (χ4n) is 1.14. The number of carbonyl (C=O) groups excluding carboxylic acids is 1. The van der Waals surface area contributed by atoms with Crippen LogP contribution in [-0.4, -0.2) is 29.6 Å². The molecule has 1 aliphatic heterocycles. The fourth-order valence-corrected chi connectivity index (χ4v) is 1.14. The van der Waals surface area contributed by atoms with Gasteiger partial charge in [0.25, 0.3) is 0 Å². The molecular formula is C7H9NO3. The van der Waals surface area contributed by atoms with Crippen molar-refractivity contribution < 1.29 is 14.7 Å². The summed E-state index contributed by atoms with van der Waals surface area (Å²) in [5.74, 6) is 0.661. The second-order valence-electron chi connectivity index (χ2n) is 2.46. The zero-order valence-electron chi connectivity index (χ0n) is 5.96. The zero-order valence-corrected chi connectivity index (χ0v) is 5.96. The van der Waals surface area contributed by atoms with Gasteiger partial charge in [0.15, 0.2) is 0 Å². The third-order valence-electron chi connectivity index (χ3n) is 1.70. The van der Waals surface area contributed by atoms with E-state index in [0.717, 1.165) is 6.42 Å². The number of carboxylic acid groups (broad SMARTS) is 1. The molecule has 2 N–H and O–H groups in total. The van der Waals surface area contributed by atoms with Crippen molar-refractivity contribution in [1.29, 1.82) is 0 Å². The molecular weight excluding hydrogens is 146 g/mol. The summed E-state index contributed by atoms with van der Waals surface area (Å²) in [7, 11) is 0. The topological polar surface area (TPSA) is 66.4 Å². The van der Waals surface area contributed by atoms with Crippen LogP contribution in [0.3, 0.4) is 0 Å². The van der Waals surface area contributed by atoms with Gasteiger partial charge in [-0.2, -0.15) is 0 Å². The van der Waals surface area contributed by atoms with Crippen LogP contribution in [0.15, 0.2) is 5.57 Å². The largest absolute Gasteiger partial charge is 0.480 e. The van der Waals surface area contributed by atoms with Crippen molar-refractivity contribution >= 4 is 11.9 Å². The van der Waals surface area contributed by atoms with Crippen LogP contribution in [0.1, 0.15) is 12.8 Å². The first kappa shape index (κ1) is 7.98. The maximum Gasteiger partial charge on any atom is 0.325 e. The van der Waals surface area contributed by atoms with Crippen LogP contribution >= 0.6 is 0 Å². The molecule has 1 heterocycles. The summed E-state index contributed by atoms with van der Waals surface area (Å²) in [6.07, 6.45) is 1.36. The molecule has 0 aromatic heterocycles. The number of nitrogens with one attached hydrogen (secondary N) is 1. The minimum atomic E-state index is -0.997. The van der Waals surface area contributed by atoms with E-state index in [4.69, 9.17) is 5.11 Å². The molecule has 0 spiro atoms. The Kier molecular flexibility index (Phi) is 2.41. The summed E-state index contributed by atoms with van der Waals surface area (Å²) in [5.41, 5.74) is 0.323. The molecule has 0 radical (unpaired) electrons. The van der Waals surface area contributed by atoms with E-state index in [1.807, 2.05) is 0 Å². The first-order chi connectivity index (χ1) is 5.25. The van der Waals surface area contributed by atoms with Gasteiger partial charge in [0.05, 0.1) is 0 Å². The first-order valence-electron chi connectivity index (χ1n) is 3.45. The van der Waals surface area contributed by atoms with Crippen LogP contribution in [0.5, 0.6) is 0 Å². The predicted octanol–water partition coefficient (Wildman–Crippen LogP) is -0.419. The van der Waals surface area contributed by atoms with Gasteiger partial charge < -0.3 is 10.4 Å². The molecule has 0 aliphatic carbocycles. The van der Waals surface area contributed by atoms with Crippen LogP contribution in [-0.2, 0) is 9.59 Å². The Bertz CT molecular complexity index is 218. The quantitative estimate of drug-likeness (QED) is 0.505. The highest BCUT2D eigenvalue weighted by Gasteiger charge is 2.25. The van der Waals surface area contributed by atoms with Crippen molar-refractivity contribution in [3.63, 3.8) is 0 Å². The average molecular weight is 155 g/mol. The molecule has 0 aromatic rings. The van der Waals surface area contributed by atoms with Crippen molar-refractivity contribution in [2.45, 2.75) is 18.9 Å². The smallest absolute Gasteiger partial charge is 0.325 e. The van der Waals surface area contributed by atoms with Crippen LogP contribution in [0, 0.1) is 0 Å². The Morgan fingerprint density at radius 1 is 1.73 bits per heavy atom. The van der Waals surface area contributed by atoms with Crippen molar-refractivity contribution in [3.05, 3.63) is 5.57 Å². The van der Waals surface area contributed by atoms with E-state index in [-0.39, 0.29) is 0 Å². The minimum absolute atomic E-state index is 0.323. The molecule has 11 heavy (non-hydrogen) atoms. The third kappa shape index (κ3) is 1.67. The third-order valence-corrected chi connectivity index (χ3v) is 1.70. The molecule has 1 unspecified atom stereocenters. The van der Waals surface area contributed by atoms with Crippen LogP contribution in [0.25, 0.3) is 0 Å². The molecule has 4 heteroatoms. The predicted molar refractivity (Wildman–Crippen MR) is 37.9 cm³/mol. The Hall–Kier alpha value is -1.12. The molecule has 1 atom stereocenters. The van der Waals surface area contributed by atoms with Crippen molar-refractivity contribution in [1.82, 2.24) is 5.32 Å². The molecule has 1 rings (SSSR count). The molecule has 1 saturated heterocycles. The van der Waals surface area contributed by atoms with Gasteiger partial charge in [-0.3, -0.25) is 4.79 Å². The molecule has 0 aromatic carbocycles. The highest BCUT2D eigenvalue weighted by Crippen LogP contribution is 2.11. The molecule has 0 saturated carbocycles. The second-order valence-corrected chi connectivity index (χ2v) is 2.46. The van der Waals surface area contributed by atoms with Gasteiger partial charge in [-0.1, -0.05) is 0 Å². The number of carbonyl (C=O) groups is 1. The SMILES string of the molecule is O=C=C1CCCNC1C(=O)O. The number of rotatable bonds is 1. The lowest BCUT2D eigenvalue weighted by atomic mass is 10.00. The summed E-state index contributed by atoms with van der Waals surface area (Å²) < 4.78 is 0. The maximum atomic E-state index is 10.5. The number of piperidine rings is 1. The standard InChI is InChI=1S/C7H9NO3/c9-4-5-2-1-3-8-6(5)7(10)11/h6,8H,1-3H2,(H,10,11). The molecule has 1 fully saturated rings. The average Bonchev–Trinajstić information content (AvgIpc) is 2.04. The van der Waals surface area contributed by atoms with E-state index in [9.17, 15) is 9.59 Å². The Labute approximate surface area is 63.9 Å². The molecule has 60 valence electrons. The summed E-state index contributed by atoms with van der Waals surface area (Å²) >= 11 is 0. The maximum absolute atomic E-state index is 10.5. The minimum Gasteiger partial charge on any atom is -0.480 e. The van der Waals surface area contributed by atoms with E-state index in [1.165, 1.54) is 0 Å². The van der Waals surface area contributed by atoms with Crippen molar-refractivity contribution in [2.24, 2.45) is 0 Å². The molecule has 0 amide bonds. The van der Waals surface area contributed by atoms with E-state index < -0.39 is 12.0 Å². The van der Waals surface area contributed by atoms with Crippen molar-refractivity contribution in [2.75, 3.05) is 6.54 Å². The molecule has 4 nitrogen and oxygen atoms in total. The first-order valence-corrected chi connectivity index (χ1v) is 3.45. The fraction of sp³-hybridized carbons (Fsp3) is 0.571. The number of carboxylic acids is 1. The van der Waals surface area contributed by atoms with Crippen LogP contribution < -0.4 is 5.32 Å². The number of aliphatic carboxylic acids is 1. The van der Waals surface area contributed by atoms with Gasteiger partial charge in [-0.25, -0.2) is 4.79 Å². The van der Waals surface area contributed by atoms with Gasteiger partial charge in [0, 0.05) is 5.57 Å². The summed E-state index contributed by atoms with van der Waals surface area (Å²) in [6, 6.07) is -0.804. The highest BCUT2D eigenvalue weighted by atomic mass is 16.4. The number of hydrogen-bond donors (Lipinski definition) is 2. The van der Waals surface area contributed by atoms with Gasteiger partial charge in [-0.15, -0.1) is 0 Å². The van der Waals surface area contributed by atoms with Crippen molar-refractivity contribution in [3.8, 4) is 0 Å². The van der Waals surface area contributed by atoms with E-state index >= 15 is 0 Å². The van der Waals surface area contributed by atoms with E-state index in [1.54, 1.807) is 5.94 Å². The highest BCUT2D eigenvalue weighted by molar-refractivity contribution is 5.81. The second kappa shape index (κ2) is 3.32. The Morgan fingerprint density at radius 2 is 2.45 bits per heavy atom. The summed E-state index contributed by atoms with van der Waals surface area (Å²) in [4.78, 5) is 20.7. The van der Waals surface area contributed by atoms with Gasteiger partial charge in [-0.05, 0) is 19.4 Å². The number of hydrogen-bond acceptors (Lipinski definition) is 3.